The molecule has 0 atom stereocenters. The fraction of sp³-hybridized carbons (Fsp3) is 0.389. The quantitative estimate of drug-likeness (QED) is 0.797. The molecule has 0 aromatic carbocycles. The number of allylic oxidation sites excluding steroid dienone is 4. The first-order chi connectivity index (χ1) is 12.3. The zero-order valence-electron chi connectivity index (χ0n) is 15.3. The van der Waals surface area contributed by atoms with E-state index in [1.54, 1.807) is 6.92 Å². The Kier molecular flexibility index (Phi) is 4.47. The molecule has 134 valence electrons. The minimum atomic E-state index is -0.294. The fourth-order valence-electron chi connectivity index (χ4n) is 2.71. The predicted molar refractivity (Wildman–Crippen MR) is 97.5 cm³/mol. The van der Waals surface area contributed by atoms with Gasteiger partial charge in [0.1, 0.15) is 11.6 Å². The van der Waals surface area contributed by atoms with Crippen LogP contribution in [0, 0.1) is 18.3 Å². The van der Waals surface area contributed by atoms with E-state index in [0.717, 1.165) is 18.5 Å². The molecule has 0 bridgehead atoms. The summed E-state index contributed by atoms with van der Waals surface area (Å²) in [7, 11) is 0. The maximum Gasteiger partial charge on any atom is 0.243 e. The van der Waals surface area contributed by atoms with Crippen LogP contribution in [0.3, 0.4) is 0 Å². The SMILES string of the molecule is Cc1nn(C2=CCCC=C2)c(O)c1/N=N/c1[nH]nc(C(C)(C)C)c1C#N. The third-order valence-corrected chi connectivity index (χ3v) is 4.04. The van der Waals surface area contributed by atoms with Crippen LogP contribution in [0.15, 0.2) is 28.5 Å². The molecule has 1 aliphatic carbocycles. The second-order valence-corrected chi connectivity index (χ2v) is 7.14. The van der Waals surface area contributed by atoms with Crippen molar-refractivity contribution in [3.8, 4) is 11.9 Å². The number of nitrogens with zero attached hydrogens (tertiary/aromatic N) is 6. The number of H-pyrrole nitrogens is 1. The first-order valence-electron chi connectivity index (χ1n) is 8.39. The van der Waals surface area contributed by atoms with Gasteiger partial charge in [0.25, 0.3) is 0 Å². The standard InChI is InChI=1S/C18H21N7O/c1-11-14(17(26)25(24-11)12-8-6-5-7-9-12)20-22-16-13(10-19)15(21-23-16)18(2,3)4/h6,8-9,26H,5,7H2,1-4H3,(H,21,23)/b22-20+. The largest absolute Gasteiger partial charge is 0.492 e. The van der Waals surface area contributed by atoms with Crippen LogP contribution in [0.5, 0.6) is 5.88 Å². The highest BCUT2D eigenvalue weighted by Gasteiger charge is 2.24. The van der Waals surface area contributed by atoms with Crippen molar-refractivity contribution in [1.82, 2.24) is 20.0 Å². The van der Waals surface area contributed by atoms with Gasteiger partial charge in [0.15, 0.2) is 11.5 Å². The van der Waals surface area contributed by atoms with Crippen LogP contribution in [-0.2, 0) is 5.41 Å². The predicted octanol–water partition coefficient (Wildman–Crippen LogP) is 4.40. The van der Waals surface area contributed by atoms with Gasteiger partial charge in [-0.15, -0.1) is 10.2 Å². The molecule has 8 nitrogen and oxygen atoms in total. The molecule has 1 aliphatic rings. The molecule has 0 radical (unpaired) electrons. The third kappa shape index (κ3) is 3.16. The van der Waals surface area contributed by atoms with E-state index in [1.807, 2.05) is 39.0 Å². The van der Waals surface area contributed by atoms with Crippen LogP contribution in [-0.4, -0.2) is 25.1 Å². The maximum atomic E-state index is 10.5. The Morgan fingerprint density at radius 2 is 2.08 bits per heavy atom. The molecule has 8 heteroatoms. The van der Waals surface area contributed by atoms with Gasteiger partial charge in [-0.25, -0.2) is 0 Å². The monoisotopic (exact) mass is 351 g/mol. The normalized spacial score (nSPS) is 14.7. The maximum absolute atomic E-state index is 10.5. The molecular weight excluding hydrogens is 330 g/mol. The van der Waals surface area contributed by atoms with E-state index >= 15 is 0 Å². The van der Waals surface area contributed by atoms with E-state index in [4.69, 9.17) is 0 Å². The number of aromatic amines is 1. The number of nitriles is 1. The van der Waals surface area contributed by atoms with Crippen molar-refractivity contribution >= 4 is 17.2 Å². The number of aromatic hydroxyl groups is 1. The zero-order chi connectivity index (χ0) is 18.9. The first-order valence-corrected chi connectivity index (χ1v) is 8.39. The molecule has 26 heavy (non-hydrogen) atoms. The average molecular weight is 351 g/mol. The minimum absolute atomic E-state index is 0.0851. The molecular formula is C18H21N7O. The molecule has 0 amide bonds. The van der Waals surface area contributed by atoms with Crippen molar-refractivity contribution in [3.63, 3.8) is 0 Å². The van der Waals surface area contributed by atoms with Crippen LogP contribution in [0.4, 0.5) is 11.5 Å². The van der Waals surface area contributed by atoms with Gasteiger partial charge < -0.3 is 5.11 Å². The van der Waals surface area contributed by atoms with Crippen LogP contribution in [0.25, 0.3) is 5.70 Å². The summed E-state index contributed by atoms with van der Waals surface area (Å²) in [4.78, 5) is 0. The number of nitrogens with one attached hydrogen (secondary N) is 1. The Labute approximate surface area is 151 Å². The van der Waals surface area contributed by atoms with Gasteiger partial charge in [-0.1, -0.05) is 32.9 Å². The summed E-state index contributed by atoms with van der Waals surface area (Å²) in [6.07, 6.45) is 7.82. The molecule has 0 unspecified atom stereocenters. The Morgan fingerprint density at radius 3 is 2.69 bits per heavy atom. The summed E-state index contributed by atoms with van der Waals surface area (Å²) in [5, 5.41) is 39.4. The lowest BCUT2D eigenvalue weighted by molar-refractivity contribution is 0.437. The topological polar surface area (TPSA) is 115 Å². The van der Waals surface area contributed by atoms with E-state index < -0.39 is 0 Å². The molecule has 2 aromatic heterocycles. The highest BCUT2D eigenvalue weighted by molar-refractivity contribution is 5.64. The smallest absolute Gasteiger partial charge is 0.243 e. The highest BCUT2D eigenvalue weighted by atomic mass is 16.3. The number of rotatable bonds is 3. The van der Waals surface area contributed by atoms with Crippen molar-refractivity contribution in [2.45, 2.75) is 46.0 Å². The second-order valence-electron chi connectivity index (χ2n) is 7.14. The average Bonchev–Trinajstić information content (AvgIpc) is 3.14. The molecule has 0 spiro atoms. The van der Waals surface area contributed by atoms with Gasteiger partial charge in [-0.05, 0) is 25.8 Å². The van der Waals surface area contributed by atoms with Crippen molar-refractivity contribution < 1.29 is 5.11 Å². The summed E-state index contributed by atoms with van der Waals surface area (Å²) >= 11 is 0. The fourth-order valence-corrected chi connectivity index (χ4v) is 2.71. The molecule has 2 aromatic rings. The van der Waals surface area contributed by atoms with Crippen molar-refractivity contribution in [3.05, 3.63) is 35.2 Å². The number of aromatic nitrogens is 4. The van der Waals surface area contributed by atoms with Gasteiger partial charge in [-0.2, -0.15) is 20.1 Å². The first kappa shape index (κ1) is 17.6. The molecule has 2 N–H and O–H groups in total. The van der Waals surface area contributed by atoms with Crippen LogP contribution in [0.1, 0.15) is 50.6 Å². The van der Waals surface area contributed by atoms with Crippen LogP contribution in [0.2, 0.25) is 0 Å². The van der Waals surface area contributed by atoms with Gasteiger partial charge in [0.2, 0.25) is 5.88 Å². The molecule has 0 aliphatic heterocycles. The lowest BCUT2D eigenvalue weighted by Gasteiger charge is -2.14. The third-order valence-electron chi connectivity index (χ3n) is 4.04. The summed E-state index contributed by atoms with van der Waals surface area (Å²) in [5.74, 6) is 0.180. The number of hydrogen-bond acceptors (Lipinski definition) is 6. The van der Waals surface area contributed by atoms with Crippen molar-refractivity contribution in [1.29, 1.82) is 5.26 Å². The molecule has 0 saturated carbocycles. The highest BCUT2D eigenvalue weighted by Crippen LogP contribution is 2.35. The van der Waals surface area contributed by atoms with E-state index in [0.29, 0.717) is 17.0 Å². The van der Waals surface area contributed by atoms with Gasteiger partial charge in [0, 0.05) is 5.41 Å². The second kappa shape index (κ2) is 6.59. The lowest BCUT2D eigenvalue weighted by atomic mass is 9.90. The minimum Gasteiger partial charge on any atom is -0.492 e. The Balaban J connectivity index is 1.97. The van der Waals surface area contributed by atoms with Crippen molar-refractivity contribution in [2.24, 2.45) is 10.2 Å². The Bertz CT molecular complexity index is 961. The number of aryl methyl sites for hydroxylation is 1. The Morgan fingerprint density at radius 1 is 1.31 bits per heavy atom. The van der Waals surface area contributed by atoms with Gasteiger partial charge >= 0.3 is 0 Å². The zero-order valence-corrected chi connectivity index (χ0v) is 15.3. The summed E-state index contributed by atoms with van der Waals surface area (Å²) in [6, 6.07) is 2.12. The van der Waals surface area contributed by atoms with E-state index in [9.17, 15) is 10.4 Å². The summed E-state index contributed by atoms with van der Waals surface area (Å²) in [5.41, 5.74) is 2.29. The molecule has 3 rings (SSSR count). The van der Waals surface area contributed by atoms with E-state index in [-0.39, 0.29) is 22.8 Å². The van der Waals surface area contributed by atoms with Crippen molar-refractivity contribution in [2.75, 3.05) is 0 Å². The number of hydrogen-bond donors (Lipinski definition) is 2. The number of azo groups is 1. The summed E-state index contributed by atoms with van der Waals surface area (Å²) in [6.45, 7) is 7.65. The van der Waals surface area contributed by atoms with Gasteiger partial charge in [0.05, 0.1) is 17.1 Å². The van der Waals surface area contributed by atoms with Crippen LogP contribution < -0.4 is 0 Å². The van der Waals surface area contributed by atoms with E-state index in [2.05, 4.69) is 31.6 Å². The molecule has 0 saturated heterocycles. The lowest BCUT2D eigenvalue weighted by Crippen LogP contribution is -2.13. The molecule has 0 fully saturated rings. The van der Waals surface area contributed by atoms with Gasteiger partial charge in [-0.3, -0.25) is 5.10 Å². The van der Waals surface area contributed by atoms with Crippen LogP contribution >= 0.6 is 0 Å². The Hall–Kier alpha value is -3.21. The molecule has 2 heterocycles. The van der Waals surface area contributed by atoms with E-state index in [1.165, 1.54) is 4.68 Å². The summed E-state index contributed by atoms with van der Waals surface area (Å²) < 4.78 is 1.44.